The van der Waals surface area contributed by atoms with E-state index in [-0.39, 0.29) is 12.2 Å². The summed E-state index contributed by atoms with van der Waals surface area (Å²) in [5.74, 6) is -0.452. The molecule has 3 aromatic rings. The Morgan fingerprint density at radius 1 is 0.913 bits per heavy atom. The number of hydrogen-bond acceptors (Lipinski definition) is 8. The summed E-state index contributed by atoms with van der Waals surface area (Å²) in [4.78, 5) is 1.05. The van der Waals surface area contributed by atoms with Crippen LogP contribution in [0.2, 0.25) is 0 Å². The van der Waals surface area contributed by atoms with E-state index in [1.807, 2.05) is 31.2 Å². The molecule has 7 nitrogen and oxygen atoms in total. The molecule has 4 rings (SSSR count). The molecule has 1 fully saturated rings. The monoisotopic (exact) mass is 686 g/mol. The molecule has 1 aromatic heterocycles. The second-order valence-corrected chi connectivity index (χ2v) is 14.3. The van der Waals surface area contributed by atoms with Gasteiger partial charge in [-0.1, -0.05) is 64.3 Å². The van der Waals surface area contributed by atoms with E-state index in [0.29, 0.717) is 32.7 Å². The number of halogens is 3. The molecule has 2 heterocycles. The molecule has 0 unspecified atom stereocenters. The van der Waals surface area contributed by atoms with Crippen LogP contribution >= 0.6 is 11.3 Å². The maximum Gasteiger partial charge on any atom is 0.534 e. The molecule has 1 aliphatic heterocycles. The Bertz CT molecular complexity index is 1440. The average molecular weight is 687 g/mol. The van der Waals surface area contributed by atoms with Crippen molar-refractivity contribution in [1.29, 1.82) is 0 Å². The predicted octanol–water partition coefficient (Wildman–Crippen LogP) is 8.74. The van der Waals surface area contributed by atoms with Gasteiger partial charge < -0.3 is 23.1 Å². The molecule has 1 saturated heterocycles. The zero-order valence-electron chi connectivity index (χ0n) is 26.7. The first-order chi connectivity index (χ1) is 22.1. The third-order valence-corrected chi connectivity index (χ3v) is 9.88. The fourth-order valence-corrected chi connectivity index (χ4v) is 6.93. The van der Waals surface area contributed by atoms with Crippen molar-refractivity contribution < 1.29 is 44.7 Å². The fourth-order valence-electron chi connectivity index (χ4n) is 5.34. The predicted molar refractivity (Wildman–Crippen MR) is 174 cm³/mol. The Balaban J connectivity index is 1.76. The minimum Gasteiger partial charge on any atom is -0.379 e. The van der Waals surface area contributed by atoms with E-state index in [4.69, 9.17) is 23.1 Å². The molecule has 2 aromatic carbocycles. The third-order valence-electron chi connectivity index (χ3n) is 7.80. The minimum atomic E-state index is -5.95. The summed E-state index contributed by atoms with van der Waals surface area (Å²) < 4.78 is 96.2. The van der Waals surface area contributed by atoms with Crippen LogP contribution in [0.4, 0.5) is 13.2 Å². The molecule has 0 amide bonds. The highest BCUT2D eigenvalue weighted by atomic mass is 32.2. The van der Waals surface area contributed by atoms with E-state index in [1.54, 1.807) is 23.5 Å². The van der Waals surface area contributed by atoms with Crippen molar-refractivity contribution in [1.82, 2.24) is 0 Å². The van der Waals surface area contributed by atoms with Gasteiger partial charge in [0.05, 0.1) is 18.8 Å². The molecule has 1 aliphatic rings. The Kier molecular flexibility index (Phi) is 13.7. The van der Waals surface area contributed by atoms with Gasteiger partial charge in [0.25, 0.3) is 0 Å². The highest BCUT2D eigenvalue weighted by Gasteiger charge is 2.50. The van der Waals surface area contributed by atoms with Gasteiger partial charge in [0, 0.05) is 47.8 Å². The number of alkyl halides is 3. The molecule has 46 heavy (non-hydrogen) atoms. The van der Waals surface area contributed by atoms with Crippen LogP contribution in [0.5, 0.6) is 5.75 Å². The number of benzene rings is 2. The van der Waals surface area contributed by atoms with Gasteiger partial charge >= 0.3 is 15.6 Å². The Hall–Kier alpha value is -2.22. The van der Waals surface area contributed by atoms with Crippen LogP contribution in [-0.2, 0) is 35.5 Å². The summed E-state index contributed by atoms with van der Waals surface area (Å²) in [6.45, 7) is 7.80. The van der Waals surface area contributed by atoms with Crippen molar-refractivity contribution in [3.63, 3.8) is 0 Å². The second-order valence-electron chi connectivity index (χ2n) is 11.6. The van der Waals surface area contributed by atoms with Gasteiger partial charge in [-0.15, -0.1) is 11.3 Å². The van der Waals surface area contributed by atoms with Gasteiger partial charge in [-0.25, -0.2) is 0 Å². The first-order valence-corrected chi connectivity index (χ1v) is 18.4. The van der Waals surface area contributed by atoms with E-state index in [9.17, 15) is 21.6 Å². The minimum absolute atomic E-state index is 0.162. The van der Waals surface area contributed by atoms with Crippen LogP contribution in [0, 0.1) is 0 Å². The normalized spacial score (nSPS) is 20.7. The zero-order chi connectivity index (χ0) is 33.2. The quantitative estimate of drug-likeness (QED) is 0.0752. The van der Waals surface area contributed by atoms with Gasteiger partial charge in [-0.3, -0.25) is 0 Å². The number of fused-ring (bicyclic) bond motifs is 1. The van der Waals surface area contributed by atoms with Gasteiger partial charge in [0.2, 0.25) is 0 Å². The Labute approximate surface area is 274 Å². The Morgan fingerprint density at radius 2 is 1.61 bits per heavy atom. The number of rotatable bonds is 18. The third kappa shape index (κ3) is 9.90. The van der Waals surface area contributed by atoms with Gasteiger partial charge in [-0.05, 0) is 54.5 Å². The summed E-state index contributed by atoms with van der Waals surface area (Å²) in [6, 6.07) is 14.6. The summed E-state index contributed by atoms with van der Waals surface area (Å²) in [6.07, 6.45) is 3.54. The van der Waals surface area contributed by atoms with Crippen LogP contribution in [0.1, 0.15) is 87.8 Å². The molecular weight excluding hydrogens is 641 g/mol. The van der Waals surface area contributed by atoms with E-state index in [1.165, 1.54) is 6.07 Å². The highest BCUT2D eigenvalue weighted by Crippen LogP contribution is 2.42. The van der Waals surface area contributed by atoms with E-state index in [0.717, 1.165) is 59.1 Å². The van der Waals surface area contributed by atoms with Crippen molar-refractivity contribution in [2.75, 3.05) is 26.4 Å². The number of hydrogen-bond donors (Lipinski definition) is 0. The summed E-state index contributed by atoms with van der Waals surface area (Å²) in [5.41, 5.74) is -4.68. The maximum atomic E-state index is 13.5. The van der Waals surface area contributed by atoms with Crippen LogP contribution in [0.25, 0.3) is 10.1 Å². The van der Waals surface area contributed by atoms with Crippen molar-refractivity contribution in [2.24, 2.45) is 0 Å². The molecule has 0 radical (unpaired) electrons. The second kappa shape index (κ2) is 17.3. The molecule has 0 spiro atoms. The van der Waals surface area contributed by atoms with E-state index < -0.39 is 45.8 Å². The number of unbranched alkanes of at least 4 members (excludes halogenated alkanes) is 3. The Morgan fingerprint density at radius 3 is 2.30 bits per heavy atom. The van der Waals surface area contributed by atoms with Gasteiger partial charge in [-0.2, -0.15) is 21.6 Å². The summed E-state index contributed by atoms with van der Waals surface area (Å²) in [7, 11) is -5.95. The lowest BCUT2D eigenvalue weighted by molar-refractivity contribution is -0.213. The van der Waals surface area contributed by atoms with Crippen molar-refractivity contribution in [3.05, 3.63) is 64.5 Å². The fraction of sp³-hybridized carbons (Fsp3) is 0.588. The molecule has 0 N–H and O–H groups in total. The van der Waals surface area contributed by atoms with E-state index >= 15 is 0 Å². The van der Waals surface area contributed by atoms with Gasteiger partial charge in [0.15, 0.2) is 0 Å². The van der Waals surface area contributed by atoms with Crippen LogP contribution in [-0.4, -0.2) is 58.7 Å². The molecule has 4 atom stereocenters. The smallest absolute Gasteiger partial charge is 0.379 e. The standard InChI is InChI=1S/C34H45F3O7S2/c1-4-7-16-40-23-26-22-30(41-17-8-5-2)33(42-18-9-6-3)32(43-26)28-20-24(14-15-29(28)44-46(38,39)34(35,36)37)19-27-21-25-12-10-11-13-31(25)45-27/h10-15,20-21,26,30,32-33H,4-9,16-19,22-23H2,1-3H3/t26-,30-,32-,33+/m0/s1. The lowest BCUT2D eigenvalue weighted by Crippen LogP contribution is -2.48. The largest absolute Gasteiger partial charge is 0.534 e. The number of ether oxygens (including phenoxy) is 4. The topological polar surface area (TPSA) is 80.3 Å². The first-order valence-electron chi connectivity index (χ1n) is 16.1. The molecule has 0 saturated carbocycles. The lowest BCUT2D eigenvalue weighted by Gasteiger charge is -2.42. The molecule has 0 aliphatic carbocycles. The van der Waals surface area contributed by atoms with Crippen molar-refractivity contribution >= 4 is 31.5 Å². The summed E-state index contributed by atoms with van der Waals surface area (Å²) >= 11 is 1.62. The SMILES string of the molecule is CCCCOC[C@@H]1C[C@H](OCCCC)[C@@H](OCCCC)[C@H](c2cc(Cc3cc4ccccc4s3)ccc2OS(=O)(=O)C(F)(F)F)O1. The molecule has 0 bridgehead atoms. The average Bonchev–Trinajstić information content (AvgIpc) is 3.42. The van der Waals surface area contributed by atoms with Gasteiger partial charge in [0.1, 0.15) is 18.0 Å². The molecule has 256 valence electrons. The molecular formula is C34H45F3O7S2. The van der Waals surface area contributed by atoms with Crippen molar-refractivity contribution in [2.45, 2.75) is 102 Å². The van der Waals surface area contributed by atoms with Crippen LogP contribution in [0.3, 0.4) is 0 Å². The van der Waals surface area contributed by atoms with Crippen LogP contribution < -0.4 is 4.18 Å². The zero-order valence-corrected chi connectivity index (χ0v) is 28.4. The van der Waals surface area contributed by atoms with Crippen LogP contribution in [0.15, 0.2) is 48.5 Å². The van der Waals surface area contributed by atoms with E-state index in [2.05, 4.69) is 19.9 Å². The lowest BCUT2D eigenvalue weighted by atomic mass is 9.91. The van der Waals surface area contributed by atoms with Crippen molar-refractivity contribution in [3.8, 4) is 5.75 Å². The summed E-state index contributed by atoms with van der Waals surface area (Å²) in [5, 5.41) is 1.09. The molecule has 12 heteroatoms. The highest BCUT2D eigenvalue weighted by molar-refractivity contribution is 7.88. The maximum absolute atomic E-state index is 13.5. The number of thiophene rings is 1. The first kappa shape index (κ1) is 36.6.